The number of aromatic nitrogens is 2. The van der Waals surface area contributed by atoms with Gasteiger partial charge in [-0.1, -0.05) is 11.6 Å². The predicted molar refractivity (Wildman–Crippen MR) is 68.9 cm³/mol. The van der Waals surface area contributed by atoms with Crippen LogP contribution >= 0.6 is 11.6 Å². The van der Waals surface area contributed by atoms with Gasteiger partial charge in [0.25, 0.3) is 5.92 Å². The lowest BCUT2D eigenvalue weighted by atomic mass is 9.85. The normalized spacial score (nSPS) is 19.2. The number of nitrogens with zero attached hydrogens (tertiary/aromatic N) is 2. The molecule has 0 spiro atoms. The highest BCUT2D eigenvalue weighted by Crippen LogP contribution is 2.48. The van der Waals surface area contributed by atoms with Crippen LogP contribution in [0, 0.1) is 5.92 Å². The van der Waals surface area contributed by atoms with Gasteiger partial charge in [0, 0.05) is 11.5 Å². The Morgan fingerprint density at radius 1 is 1.42 bits per heavy atom. The first kappa shape index (κ1) is 14.4. The first-order valence-corrected chi connectivity index (χ1v) is 6.36. The average molecular weight is 292 g/mol. The van der Waals surface area contributed by atoms with E-state index in [2.05, 4.69) is 10.2 Å². The van der Waals surface area contributed by atoms with Crippen LogP contribution in [0.4, 0.5) is 14.6 Å². The van der Waals surface area contributed by atoms with E-state index in [0.717, 1.165) is 12.8 Å². The molecular formula is C11H16ClF2N5. The zero-order valence-corrected chi connectivity index (χ0v) is 10.9. The van der Waals surface area contributed by atoms with E-state index in [9.17, 15) is 8.78 Å². The molecule has 0 aromatic carbocycles. The van der Waals surface area contributed by atoms with Gasteiger partial charge in [-0.25, -0.2) is 8.78 Å². The second-order valence-corrected chi connectivity index (χ2v) is 5.23. The van der Waals surface area contributed by atoms with Crippen molar-refractivity contribution >= 4 is 17.4 Å². The third-order valence-electron chi connectivity index (χ3n) is 3.43. The Kier molecular flexibility index (Phi) is 3.89. The van der Waals surface area contributed by atoms with Crippen molar-refractivity contribution in [1.29, 1.82) is 0 Å². The summed E-state index contributed by atoms with van der Waals surface area (Å²) in [5, 5.41) is 7.31. The Morgan fingerprint density at radius 2 is 2.05 bits per heavy atom. The molecule has 0 aliphatic heterocycles. The lowest BCUT2D eigenvalue weighted by Crippen LogP contribution is -2.50. The molecule has 8 heteroatoms. The summed E-state index contributed by atoms with van der Waals surface area (Å²) in [7, 11) is 0. The molecule has 0 saturated heterocycles. The molecule has 0 radical (unpaired) electrons. The van der Waals surface area contributed by atoms with Gasteiger partial charge in [0.2, 0.25) is 0 Å². The van der Waals surface area contributed by atoms with Gasteiger partial charge >= 0.3 is 0 Å². The van der Waals surface area contributed by atoms with E-state index in [0.29, 0.717) is 5.56 Å². The van der Waals surface area contributed by atoms with Crippen LogP contribution in [-0.2, 0) is 0 Å². The first-order valence-electron chi connectivity index (χ1n) is 5.99. The van der Waals surface area contributed by atoms with Gasteiger partial charge in [-0.3, -0.25) is 0 Å². The van der Waals surface area contributed by atoms with E-state index >= 15 is 0 Å². The minimum absolute atomic E-state index is 0.0634. The molecule has 1 aromatic rings. The predicted octanol–water partition coefficient (Wildman–Crippen LogP) is 1.13. The van der Waals surface area contributed by atoms with Crippen molar-refractivity contribution in [3.8, 4) is 0 Å². The van der Waals surface area contributed by atoms with Gasteiger partial charge in [0.05, 0.1) is 12.6 Å². The molecule has 1 fully saturated rings. The molecule has 19 heavy (non-hydrogen) atoms. The zero-order valence-electron chi connectivity index (χ0n) is 10.2. The van der Waals surface area contributed by atoms with Crippen molar-refractivity contribution in [2.24, 2.45) is 17.4 Å². The van der Waals surface area contributed by atoms with Crippen molar-refractivity contribution in [1.82, 2.24) is 10.2 Å². The Labute approximate surface area is 114 Å². The van der Waals surface area contributed by atoms with Gasteiger partial charge < -0.3 is 17.2 Å². The molecule has 2 unspecified atom stereocenters. The Balaban J connectivity index is 2.38. The topological polar surface area (TPSA) is 104 Å². The van der Waals surface area contributed by atoms with Crippen molar-refractivity contribution < 1.29 is 8.78 Å². The van der Waals surface area contributed by atoms with E-state index in [4.69, 9.17) is 28.8 Å². The SMILES string of the molecule is NCC(F)(F)C(N)C(c1cc(N)nnc1Cl)C1CC1. The quantitative estimate of drug-likeness (QED) is 0.754. The summed E-state index contributed by atoms with van der Waals surface area (Å²) >= 11 is 5.94. The fourth-order valence-corrected chi connectivity index (χ4v) is 2.45. The number of rotatable bonds is 5. The molecule has 0 bridgehead atoms. The van der Waals surface area contributed by atoms with Crippen LogP contribution in [0.25, 0.3) is 0 Å². The maximum Gasteiger partial charge on any atom is 0.275 e. The molecule has 1 saturated carbocycles. The molecule has 5 nitrogen and oxygen atoms in total. The molecular weight excluding hydrogens is 276 g/mol. The first-order chi connectivity index (χ1) is 8.86. The largest absolute Gasteiger partial charge is 0.382 e. The maximum atomic E-state index is 13.7. The molecule has 1 aliphatic carbocycles. The van der Waals surface area contributed by atoms with Crippen LogP contribution in [0.15, 0.2) is 6.07 Å². The smallest absolute Gasteiger partial charge is 0.275 e. The molecule has 1 aromatic heterocycles. The van der Waals surface area contributed by atoms with Crippen LogP contribution < -0.4 is 17.2 Å². The molecule has 2 atom stereocenters. The number of hydrogen-bond donors (Lipinski definition) is 3. The van der Waals surface area contributed by atoms with Crippen LogP contribution in [-0.4, -0.2) is 28.7 Å². The lowest BCUT2D eigenvalue weighted by molar-refractivity contribution is -0.0261. The van der Waals surface area contributed by atoms with E-state index < -0.39 is 24.4 Å². The van der Waals surface area contributed by atoms with E-state index in [-0.39, 0.29) is 16.9 Å². The van der Waals surface area contributed by atoms with E-state index in [1.165, 1.54) is 6.07 Å². The Hall–Kier alpha value is -1.05. The minimum atomic E-state index is -3.16. The van der Waals surface area contributed by atoms with Crippen LogP contribution in [0.3, 0.4) is 0 Å². The van der Waals surface area contributed by atoms with Crippen molar-refractivity contribution in [2.75, 3.05) is 12.3 Å². The van der Waals surface area contributed by atoms with Crippen molar-refractivity contribution in [3.05, 3.63) is 16.8 Å². The summed E-state index contributed by atoms with van der Waals surface area (Å²) in [6, 6.07) is 0.0521. The summed E-state index contributed by atoms with van der Waals surface area (Å²) in [5.41, 5.74) is 16.8. The van der Waals surface area contributed by atoms with Gasteiger partial charge in [0.15, 0.2) is 5.15 Å². The molecule has 1 heterocycles. The van der Waals surface area contributed by atoms with Crippen molar-refractivity contribution in [2.45, 2.75) is 30.7 Å². The summed E-state index contributed by atoms with van der Waals surface area (Å²) in [6.45, 7) is -0.803. The number of nitrogen functional groups attached to an aromatic ring is 1. The summed E-state index contributed by atoms with van der Waals surface area (Å²) < 4.78 is 27.5. The van der Waals surface area contributed by atoms with Gasteiger partial charge in [0.1, 0.15) is 5.82 Å². The molecule has 106 valence electrons. The van der Waals surface area contributed by atoms with Crippen LogP contribution in [0.1, 0.15) is 24.3 Å². The Bertz CT molecular complexity index is 466. The van der Waals surface area contributed by atoms with Crippen LogP contribution in [0.2, 0.25) is 5.15 Å². The fraction of sp³-hybridized carbons (Fsp3) is 0.636. The maximum absolute atomic E-state index is 13.7. The average Bonchev–Trinajstić information content (AvgIpc) is 3.18. The van der Waals surface area contributed by atoms with Crippen LogP contribution in [0.5, 0.6) is 0 Å². The summed E-state index contributed by atoms with van der Waals surface area (Å²) in [6.07, 6.45) is 1.66. The molecule has 1 aliphatic rings. The highest BCUT2D eigenvalue weighted by molar-refractivity contribution is 6.30. The zero-order chi connectivity index (χ0) is 14.2. The number of alkyl halides is 2. The number of anilines is 1. The van der Waals surface area contributed by atoms with Gasteiger partial charge in [-0.15, -0.1) is 10.2 Å². The third kappa shape index (κ3) is 2.93. The number of halogens is 3. The molecule has 0 amide bonds. The van der Waals surface area contributed by atoms with Gasteiger partial charge in [-0.2, -0.15) is 0 Å². The van der Waals surface area contributed by atoms with E-state index in [1.54, 1.807) is 0 Å². The highest BCUT2D eigenvalue weighted by atomic mass is 35.5. The molecule has 6 N–H and O–H groups in total. The van der Waals surface area contributed by atoms with Crippen molar-refractivity contribution in [3.63, 3.8) is 0 Å². The highest BCUT2D eigenvalue weighted by Gasteiger charge is 2.47. The fourth-order valence-electron chi connectivity index (χ4n) is 2.24. The third-order valence-corrected chi connectivity index (χ3v) is 3.72. The number of nitrogens with two attached hydrogens (primary N) is 3. The minimum Gasteiger partial charge on any atom is -0.382 e. The second-order valence-electron chi connectivity index (χ2n) is 4.87. The summed E-state index contributed by atoms with van der Waals surface area (Å²) in [4.78, 5) is 0. The Morgan fingerprint density at radius 3 is 2.58 bits per heavy atom. The lowest BCUT2D eigenvalue weighted by Gasteiger charge is -2.30. The molecule has 2 rings (SSSR count). The van der Waals surface area contributed by atoms with E-state index in [1.807, 2.05) is 0 Å². The second kappa shape index (κ2) is 5.15. The van der Waals surface area contributed by atoms with Gasteiger partial charge in [-0.05, 0) is 24.8 Å². The standard InChI is InChI=1S/C11H16ClF2N5/c12-10-6(3-7(16)18-19-10)8(5-1-2-5)9(17)11(13,14)4-15/h3,5,8-9H,1-2,4,15,17H2,(H2,16,18). The summed E-state index contributed by atoms with van der Waals surface area (Å²) in [5.74, 6) is -3.57. The monoisotopic (exact) mass is 291 g/mol. The number of hydrogen-bond acceptors (Lipinski definition) is 5.